The summed E-state index contributed by atoms with van der Waals surface area (Å²) < 4.78 is 11.4. The largest absolute Gasteiger partial charge is 0.497 e. The van der Waals surface area contributed by atoms with Gasteiger partial charge in [0.2, 0.25) is 5.88 Å². The number of carbonyl (C=O) groups is 2. The zero-order valence-corrected chi connectivity index (χ0v) is 15.5. The van der Waals surface area contributed by atoms with E-state index in [0.29, 0.717) is 22.2 Å². The van der Waals surface area contributed by atoms with Gasteiger partial charge in [-0.15, -0.1) is 10.2 Å². The molecule has 0 spiro atoms. The number of methoxy groups -OCH3 is 1. The van der Waals surface area contributed by atoms with Crippen LogP contribution in [0, 0.1) is 0 Å². The maximum absolute atomic E-state index is 12.3. The normalized spacial score (nSPS) is 11.1. The number of esters is 1. The molecule has 1 heterocycles. The molecule has 28 heavy (non-hydrogen) atoms. The summed E-state index contributed by atoms with van der Waals surface area (Å²) in [6, 6.07) is 13.4. The lowest BCUT2D eigenvalue weighted by Gasteiger charge is -2.06. The van der Waals surface area contributed by atoms with Crippen LogP contribution in [0.4, 0.5) is 5.69 Å². The first-order chi connectivity index (χ1) is 13.5. The minimum atomic E-state index is -0.565. The van der Waals surface area contributed by atoms with Crippen LogP contribution >= 0.6 is 0 Å². The van der Waals surface area contributed by atoms with E-state index >= 15 is 0 Å². The topological polar surface area (TPSA) is 102 Å². The lowest BCUT2D eigenvalue weighted by molar-refractivity contribution is -0.143. The summed E-state index contributed by atoms with van der Waals surface area (Å²) >= 11 is 0. The van der Waals surface area contributed by atoms with Gasteiger partial charge >= 0.3 is 5.97 Å². The first-order valence-electron chi connectivity index (χ1n) is 8.61. The van der Waals surface area contributed by atoms with E-state index < -0.39 is 11.9 Å². The van der Waals surface area contributed by atoms with Crippen molar-refractivity contribution in [1.82, 2.24) is 4.57 Å². The Bertz CT molecular complexity index is 1040. The average molecular weight is 381 g/mol. The van der Waals surface area contributed by atoms with Crippen LogP contribution in [0.15, 0.2) is 58.8 Å². The van der Waals surface area contributed by atoms with E-state index in [1.165, 1.54) is 11.7 Å². The number of ether oxygens (including phenoxy) is 2. The molecule has 3 aromatic rings. The quantitative estimate of drug-likeness (QED) is 0.516. The second-order valence-corrected chi connectivity index (χ2v) is 5.81. The Kier molecular flexibility index (Phi) is 5.69. The van der Waals surface area contributed by atoms with E-state index in [-0.39, 0.29) is 24.7 Å². The smallest absolute Gasteiger partial charge is 0.326 e. The highest BCUT2D eigenvalue weighted by Gasteiger charge is 2.19. The minimum absolute atomic E-state index is 0.113. The molecule has 0 unspecified atom stereocenters. The number of aromatic nitrogens is 1. The van der Waals surface area contributed by atoms with E-state index in [2.05, 4.69) is 10.2 Å². The first kappa shape index (κ1) is 19.1. The van der Waals surface area contributed by atoms with Crippen LogP contribution < -0.4 is 4.74 Å². The Morgan fingerprint density at radius 3 is 2.50 bits per heavy atom. The summed E-state index contributed by atoms with van der Waals surface area (Å²) in [6.45, 7) is 1.76. The van der Waals surface area contributed by atoms with Crippen molar-refractivity contribution in [2.24, 2.45) is 10.2 Å². The minimum Gasteiger partial charge on any atom is -0.497 e. The Balaban J connectivity index is 1.93. The third-order valence-corrected chi connectivity index (χ3v) is 4.09. The van der Waals surface area contributed by atoms with E-state index in [4.69, 9.17) is 9.47 Å². The molecule has 3 rings (SSSR count). The van der Waals surface area contributed by atoms with Gasteiger partial charge in [0.25, 0.3) is 5.91 Å². The molecule has 0 aliphatic carbocycles. The van der Waals surface area contributed by atoms with Crippen LogP contribution in [-0.4, -0.2) is 35.3 Å². The number of nitrogens with zero attached hydrogens (tertiary/aromatic N) is 3. The van der Waals surface area contributed by atoms with E-state index in [1.807, 2.05) is 0 Å². The highest BCUT2D eigenvalue weighted by Crippen LogP contribution is 2.38. The van der Waals surface area contributed by atoms with Crippen LogP contribution in [0.25, 0.3) is 10.9 Å². The second-order valence-electron chi connectivity index (χ2n) is 5.81. The fourth-order valence-corrected chi connectivity index (χ4v) is 2.75. The highest BCUT2D eigenvalue weighted by molar-refractivity contribution is 5.97. The average Bonchev–Trinajstić information content (AvgIpc) is 2.97. The molecule has 0 radical (unpaired) electrons. The zero-order chi connectivity index (χ0) is 20.1. The van der Waals surface area contributed by atoms with Gasteiger partial charge in [-0.2, -0.15) is 0 Å². The third kappa shape index (κ3) is 3.85. The van der Waals surface area contributed by atoms with Gasteiger partial charge in [-0.3, -0.25) is 14.2 Å². The maximum Gasteiger partial charge on any atom is 0.326 e. The van der Waals surface area contributed by atoms with Crippen molar-refractivity contribution in [3.05, 3.63) is 54.1 Å². The summed E-state index contributed by atoms with van der Waals surface area (Å²) in [5, 5.41) is 18.8. The van der Waals surface area contributed by atoms with Crippen LogP contribution in [0.5, 0.6) is 11.6 Å². The lowest BCUT2D eigenvalue weighted by atomic mass is 10.2. The van der Waals surface area contributed by atoms with Crippen molar-refractivity contribution in [1.29, 1.82) is 0 Å². The van der Waals surface area contributed by atoms with Gasteiger partial charge in [-0.25, -0.2) is 0 Å². The van der Waals surface area contributed by atoms with Crippen molar-refractivity contribution >= 4 is 28.5 Å². The standard InChI is InChI=1S/C20H19N3O5/c1-3-28-17(24)12-23-16-7-5-4-6-15(16)18(20(23)26)21-22-19(25)13-8-10-14(27-2)11-9-13/h4-11,26H,3,12H2,1-2H3. The van der Waals surface area contributed by atoms with Crippen molar-refractivity contribution in [2.75, 3.05) is 13.7 Å². The maximum atomic E-state index is 12.3. The fourth-order valence-electron chi connectivity index (χ4n) is 2.75. The molecule has 2 aromatic carbocycles. The molecule has 0 fully saturated rings. The van der Waals surface area contributed by atoms with Gasteiger partial charge in [0, 0.05) is 10.9 Å². The third-order valence-electron chi connectivity index (χ3n) is 4.09. The Morgan fingerprint density at radius 1 is 1.11 bits per heavy atom. The molecule has 0 bridgehead atoms. The molecule has 1 aromatic heterocycles. The molecule has 1 N–H and O–H groups in total. The molecular weight excluding hydrogens is 362 g/mol. The molecular formula is C20H19N3O5. The Morgan fingerprint density at radius 2 is 1.82 bits per heavy atom. The van der Waals surface area contributed by atoms with E-state index in [0.717, 1.165) is 0 Å². The molecule has 0 saturated carbocycles. The monoisotopic (exact) mass is 381 g/mol. The number of rotatable bonds is 6. The SMILES string of the molecule is CCOC(=O)Cn1c(O)c(N=NC(=O)c2ccc(OC)cc2)c2ccccc21. The molecule has 1 amide bonds. The van der Waals surface area contributed by atoms with Gasteiger partial charge in [-0.1, -0.05) is 18.2 Å². The number of para-hydroxylation sites is 1. The van der Waals surface area contributed by atoms with Gasteiger partial charge in [-0.05, 0) is 37.3 Å². The van der Waals surface area contributed by atoms with Gasteiger partial charge in [0.1, 0.15) is 12.3 Å². The summed E-state index contributed by atoms with van der Waals surface area (Å²) in [5.74, 6) is -0.700. The number of azo groups is 1. The molecule has 0 aliphatic heterocycles. The zero-order valence-electron chi connectivity index (χ0n) is 15.5. The van der Waals surface area contributed by atoms with Gasteiger partial charge in [0.05, 0.1) is 19.2 Å². The molecule has 144 valence electrons. The van der Waals surface area contributed by atoms with Crippen LogP contribution in [0.1, 0.15) is 17.3 Å². The van der Waals surface area contributed by atoms with Crippen molar-refractivity contribution in [2.45, 2.75) is 13.5 Å². The number of hydrogen-bond acceptors (Lipinski definition) is 6. The number of amides is 1. The number of hydrogen-bond donors (Lipinski definition) is 1. The molecule has 0 saturated heterocycles. The Hall–Kier alpha value is -3.68. The van der Waals surface area contributed by atoms with E-state index in [9.17, 15) is 14.7 Å². The predicted octanol–water partition coefficient (Wildman–Crippen LogP) is 3.84. The van der Waals surface area contributed by atoms with Crippen molar-refractivity contribution < 1.29 is 24.2 Å². The van der Waals surface area contributed by atoms with Crippen molar-refractivity contribution in [3.8, 4) is 11.6 Å². The summed E-state index contributed by atoms with van der Waals surface area (Å²) in [6.07, 6.45) is 0. The summed E-state index contributed by atoms with van der Waals surface area (Å²) in [4.78, 5) is 24.1. The number of fused-ring (bicyclic) bond motifs is 1. The lowest BCUT2D eigenvalue weighted by Crippen LogP contribution is -2.12. The highest BCUT2D eigenvalue weighted by atomic mass is 16.5. The van der Waals surface area contributed by atoms with Gasteiger partial charge in [0.15, 0.2) is 5.69 Å². The van der Waals surface area contributed by atoms with Crippen LogP contribution in [-0.2, 0) is 16.1 Å². The molecule has 0 atom stereocenters. The summed E-state index contributed by atoms with van der Waals surface area (Å²) in [5.41, 5.74) is 1.03. The van der Waals surface area contributed by atoms with Gasteiger partial charge < -0.3 is 14.6 Å². The molecule has 8 nitrogen and oxygen atoms in total. The summed E-state index contributed by atoms with van der Waals surface area (Å²) in [7, 11) is 1.53. The second kappa shape index (κ2) is 8.34. The van der Waals surface area contributed by atoms with Crippen LogP contribution in [0.2, 0.25) is 0 Å². The van der Waals surface area contributed by atoms with Crippen LogP contribution in [0.3, 0.4) is 0 Å². The van der Waals surface area contributed by atoms with E-state index in [1.54, 1.807) is 55.5 Å². The fraction of sp³-hybridized carbons (Fsp3) is 0.200. The Labute approximate surface area is 161 Å². The molecule has 0 aliphatic rings. The number of benzene rings is 2. The molecule has 8 heteroatoms. The number of carbonyl (C=O) groups excluding carboxylic acids is 2. The number of aromatic hydroxyl groups is 1. The van der Waals surface area contributed by atoms with Crippen molar-refractivity contribution in [3.63, 3.8) is 0 Å². The predicted molar refractivity (Wildman–Crippen MR) is 102 cm³/mol. The first-order valence-corrected chi connectivity index (χ1v) is 8.61.